The molecule has 9 nitrogen and oxygen atoms in total. The summed E-state index contributed by atoms with van der Waals surface area (Å²) in [7, 11) is 0. The number of aryl methyl sites for hydroxylation is 1. The number of rotatable bonds is 1. The van der Waals surface area contributed by atoms with Crippen LogP contribution in [0.1, 0.15) is 21.5 Å². The zero-order valence-corrected chi connectivity index (χ0v) is 15.0. The van der Waals surface area contributed by atoms with Crippen molar-refractivity contribution in [3.05, 3.63) is 46.2 Å². The molecule has 6 N–H and O–H groups in total. The number of nitrogens with two attached hydrogens (primary N) is 1. The van der Waals surface area contributed by atoms with Crippen LogP contribution in [0.15, 0.2) is 29.5 Å². The minimum absolute atomic E-state index is 0.0535. The highest BCUT2D eigenvalue weighted by Crippen LogP contribution is 2.48. The molecule has 0 fully saturated rings. The van der Waals surface area contributed by atoms with Crippen molar-refractivity contribution < 1.29 is 39.6 Å². The number of carbonyl (C=O) groups is 4. The largest absolute Gasteiger partial charge is 0.507 e. The first-order valence-corrected chi connectivity index (χ1v) is 8.58. The topological polar surface area (TPSA) is 175 Å². The summed E-state index contributed by atoms with van der Waals surface area (Å²) in [6.45, 7) is 1.59. The number of carbonyl (C=O) groups excluding carboxylic acids is 4. The van der Waals surface area contributed by atoms with E-state index < -0.39 is 57.4 Å². The smallest absolute Gasteiger partial charge is 0.256 e. The Hall–Kier alpha value is -3.72. The maximum atomic E-state index is 13.2. The lowest BCUT2D eigenvalue weighted by molar-refractivity contribution is -0.146. The number of phenols is 2. The van der Waals surface area contributed by atoms with Gasteiger partial charge in [-0.15, -0.1) is 0 Å². The van der Waals surface area contributed by atoms with E-state index in [1.54, 1.807) is 13.0 Å². The Bertz CT molecular complexity index is 1220. The van der Waals surface area contributed by atoms with Gasteiger partial charge in [0.25, 0.3) is 5.91 Å². The third-order valence-corrected chi connectivity index (χ3v) is 5.77. The fourth-order valence-electron chi connectivity index (χ4n) is 4.28. The Morgan fingerprint density at radius 2 is 1.79 bits per heavy atom. The van der Waals surface area contributed by atoms with Gasteiger partial charge in [0.05, 0.1) is 16.9 Å². The number of hydrogen-bond donors (Lipinski definition) is 5. The molecular weight excluding hydrogens is 382 g/mol. The summed E-state index contributed by atoms with van der Waals surface area (Å²) in [5, 5.41) is 42.2. The van der Waals surface area contributed by atoms with Gasteiger partial charge in [-0.25, -0.2) is 0 Å². The molecule has 0 spiro atoms. The molecule has 0 aromatic heterocycles. The number of phenolic OH excluding ortho intramolecular Hbond substituents is 2. The Morgan fingerprint density at radius 1 is 1.14 bits per heavy atom. The number of hydrogen-bond acceptors (Lipinski definition) is 8. The lowest BCUT2D eigenvalue weighted by Crippen LogP contribution is -2.62. The molecule has 29 heavy (non-hydrogen) atoms. The van der Waals surface area contributed by atoms with Gasteiger partial charge in [0.1, 0.15) is 17.1 Å². The molecule has 0 bridgehead atoms. The summed E-state index contributed by atoms with van der Waals surface area (Å²) in [5.41, 5.74) is 1.08. The van der Waals surface area contributed by atoms with Gasteiger partial charge in [0, 0.05) is 0 Å². The summed E-state index contributed by atoms with van der Waals surface area (Å²) < 4.78 is 0. The van der Waals surface area contributed by atoms with Gasteiger partial charge in [-0.05, 0) is 35.9 Å². The van der Waals surface area contributed by atoms with Crippen LogP contribution in [0.25, 0.3) is 10.8 Å². The second-order valence-corrected chi connectivity index (χ2v) is 7.16. The second kappa shape index (κ2) is 5.65. The maximum absolute atomic E-state index is 13.2. The lowest BCUT2D eigenvalue weighted by Gasteiger charge is -2.40. The Kier molecular flexibility index (Phi) is 3.63. The van der Waals surface area contributed by atoms with Crippen LogP contribution < -0.4 is 5.73 Å². The van der Waals surface area contributed by atoms with Gasteiger partial charge in [0.2, 0.25) is 23.0 Å². The zero-order chi connectivity index (χ0) is 21.4. The highest BCUT2D eigenvalue weighted by atomic mass is 16.3. The van der Waals surface area contributed by atoms with Gasteiger partial charge in [-0.3, -0.25) is 19.2 Å². The molecule has 0 saturated carbocycles. The van der Waals surface area contributed by atoms with Gasteiger partial charge < -0.3 is 26.2 Å². The van der Waals surface area contributed by atoms with Crippen LogP contribution in [0.2, 0.25) is 0 Å². The van der Waals surface area contributed by atoms with E-state index in [1.165, 1.54) is 12.1 Å². The number of primary amides is 1. The van der Waals surface area contributed by atoms with E-state index in [9.17, 15) is 39.6 Å². The van der Waals surface area contributed by atoms with Crippen LogP contribution in [0, 0.1) is 12.8 Å². The molecule has 0 heterocycles. The molecule has 148 valence electrons. The molecule has 0 unspecified atom stereocenters. The highest BCUT2D eigenvalue weighted by molar-refractivity contribution is 6.38. The molecular formula is C20H15NO8. The van der Waals surface area contributed by atoms with E-state index >= 15 is 0 Å². The molecule has 1 amide bonds. The minimum Gasteiger partial charge on any atom is -0.507 e. The van der Waals surface area contributed by atoms with Gasteiger partial charge >= 0.3 is 0 Å². The summed E-state index contributed by atoms with van der Waals surface area (Å²) in [6.07, 6.45) is -0.358. The Balaban J connectivity index is 2.08. The number of fused-ring (bicyclic) bond motifs is 3. The lowest BCUT2D eigenvalue weighted by atomic mass is 9.62. The summed E-state index contributed by atoms with van der Waals surface area (Å²) in [6, 6.07) is 4.41. The van der Waals surface area contributed by atoms with Crippen LogP contribution in [0.5, 0.6) is 11.5 Å². The molecule has 2 aromatic rings. The predicted octanol–water partition coefficient (Wildman–Crippen LogP) is 0.0947. The summed E-state index contributed by atoms with van der Waals surface area (Å²) >= 11 is 0. The molecule has 4 rings (SSSR count). The van der Waals surface area contributed by atoms with Crippen molar-refractivity contribution in [2.75, 3.05) is 0 Å². The molecule has 2 aromatic carbocycles. The van der Waals surface area contributed by atoms with E-state index in [4.69, 9.17) is 5.73 Å². The minimum atomic E-state index is -3.01. The second-order valence-electron chi connectivity index (χ2n) is 7.16. The monoisotopic (exact) mass is 397 g/mol. The average Bonchev–Trinajstić information content (AvgIpc) is 2.66. The third kappa shape index (κ3) is 2.07. The van der Waals surface area contributed by atoms with Crippen molar-refractivity contribution in [2.45, 2.75) is 18.9 Å². The van der Waals surface area contributed by atoms with Crippen molar-refractivity contribution >= 4 is 34.0 Å². The van der Waals surface area contributed by atoms with Crippen molar-refractivity contribution in [3.8, 4) is 11.5 Å². The van der Waals surface area contributed by atoms with E-state index in [1.807, 2.05) is 0 Å². The molecule has 2 atom stereocenters. The first-order chi connectivity index (χ1) is 13.5. The van der Waals surface area contributed by atoms with Gasteiger partial charge in [-0.2, -0.15) is 0 Å². The van der Waals surface area contributed by atoms with Crippen LogP contribution in [-0.2, 0) is 20.8 Å². The van der Waals surface area contributed by atoms with E-state index in [-0.39, 0.29) is 23.1 Å². The van der Waals surface area contributed by atoms with Crippen molar-refractivity contribution in [1.82, 2.24) is 0 Å². The van der Waals surface area contributed by atoms with Gasteiger partial charge in [0.15, 0.2) is 5.76 Å². The fraction of sp³-hybridized carbons (Fsp3) is 0.200. The molecule has 0 aliphatic heterocycles. The first kappa shape index (κ1) is 18.6. The zero-order valence-electron chi connectivity index (χ0n) is 15.0. The number of ketones is 3. The van der Waals surface area contributed by atoms with Crippen LogP contribution in [0.3, 0.4) is 0 Å². The quantitative estimate of drug-likeness (QED) is 0.332. The molecule has 0 radical (unpaired) electrons. The fourth-order valence-corrected chi connectivity index (χ4v) is 4.28. The summed E-state index contributed by atoms with van der Waals surface area (Å²) in [5.74, 6) is -9.32. The number of aliphatic hydroxyl groups is 2. The van der Waals surface area contributed by atoms with E-state index in [2.05, 4.69) is 0 Å². The third-order valence-electron chi connectivity index (χ3n) is 5.77. The molecule has 2 aliphatic carbocycles. The number of amides is 1. The summed E-state index contributed by atoms with van der Waals surface area (Å²) in [4.78, 5) is 50.1. The maximum Gasteiger partial charge on any atom is 0.256 e. The van der Waals surface area contributed by atoms with E-state index in [0.29, 0.717) is 10.9 Å². The Labute approximate surface area is 162 Å². The first-order valence-electron chi connectivity index (χ1n) is 8.58. The number of allylic oxidation sites excluding steroid dienone is 1. The normalized spacial score (nSPS) is 23.9. The molecule has 2 aliphatic rings. The predicted molar refractivity (Wildman–Crippen MR) is 97.4 cm³/mol. The van der Waals surface area contributed by atoms with Gasteiger partial charge in [-0.1, -0.05) is 12.1 Å². The average molecular weight is 397 g/mol. The van der Waals surface area contributed by atoms with Crippen molar-refractivity contribution in [3.63, 3.8) is 0 Å². The van der Waals surface area contributed by atoms with Crippen molar-refractivity contribution in [1.29, 1.82) is 0 Å². The van der Waals surface area contributed by atoms with Crippen molar-refractivity contribution in [2.24, 2.45) is 11.7 Å². The number of benzene rings is 2. The number of Topliss-reactive ketones (excluding diaryl/α,β-unsaturated/α-hetero) is 3. The SMILES string of the molecule is Cc1c2c(c(O)c3c(O)cccc13)C(=O)[C@]1(O)C(=O)C(C(N)=O)=C(O)C(=O)[C@@H]1C2. The van der Waals surface area contributed by atoms with Crippen LogP contribution in [-0.4, -0.2) is 49.3 Å². The van der Waals surface area contributed by atoms with Crippen LogP contribution >= 0.6 is 0 Å². The van der Waals surface area contributed by atoms with Crippen LogP contribution in [0.4, 0.5) is 0 Å². The highest BCUT2D eigenvalue weighted by Gasteiger charge is 2.63. The molecule has 9 heteroatoms. The standard InChI is InChI=1S/C20H15NO8/c1-6-7-3-2-4-10(22)11(7)15(24)12-8(6)5-9-14(23)16(25)13(19(21)28)18(27)20(9,29)17(12)26/h2-4,9,22,24-25,29H,5H2,1H3,(H2,21,28)/t9-,20-/m0/s1. The number of aromatic hydroxyl groups is 2. The Morgan fingerprint density at radius 3 is 2.41 bits per heavy atom. The van der Waals surface area contributed by atoms with E-state index in [0.717, 1.165) is 0 Å². The molecule has 0 saturated heterocycles. The number of aliphatic hydroxyl groups excluding tert-OH is 1.